The number of aromatic nitrogens is 1. The summed E-state index contributed by atoms with van der Waals surface area (Å²) in [6.45, 7) is 0. The molecule has 0 radical (unpaired) electrons. The number of rotatable bonds is 6. The van der Waals surface area contributed by atoms with E-state index in [1.54, 1.807) is 0 Å². The monoisotopic (exact) mass is 268 g/mol. The van der Waals surface area contributed by atoms with Crippen molar-refractivity contribution in [2.24, 2.45) is 0 Å². The minimum absolute atomic E-state index is 0.00744. The van der Waals surface area contributed by atoms with Gasteiger partial charge in [0.1, 0.15) is 11.7 Å². The van der Waals surface area contributed by atoms with Gasteiger partial charge in [0.15, 0.2) is 0 Å². The summed E-state index contributed by atoms with van der Waals surface area (Å²) < 4.78 is 4.47. The Morgan fingerprint density at radius 2 is 2.11 bits per heavy atom. The van der Waals surface area contributed by atoms with E-state index in [0.717, 1.165) is 0 Å². The number of carboxylic acids is 2. The number of carbonyl (C=O) groups is 3. The van der Waals surface area contributed by atoms with E-state index in [2.05, 4.69) is 15.0 Å². The zero-order valence-corrected chi connectivity index (χ0v) is 9.99. The maximum Gasteiger partial charge on any atom is 0.356 e. The van der Waals surface area contributed by atoms with Crippen LogP contribution in [0.15, 0.2) is 18.3 Å². The van der Waals surface area contributed by atoms with Gasteiger partial charge in [0.2, 0.25) is 0 Å². The van der Waals surface area contributed by atoms with Crippen molar-refractivity contribution in [1.29, 1.82) is 0 Å². The molecule has 1 atom stereocenters. The number of hydrogen-bond acceptors (Lipinski definition) is 6. The highest BCUT2D eigenvalue weighted by molar-refractivity contribution is 5.89. The van der Waals surface area contributed by atoms with E-state index in [1.807, 2.05) is 0 Å². The lowest BCUT2D eigenvalue weighted by Gasteiger charge is -2.13. The molecule has 0 aromatic carbocycles. The van der Waals surface area contributed by atoms with E-state index >= 15 is 0 Å². The number of ether oxygens (including phenoxy) is 1. The molecule has 0 spiro atoms. The van der Waals surface area contributed by atoms with Gasteiger partial charge in [-0.25, -0.2) is 14.6 Å². The summed E-state index contributed by atoms with van der Waals surface area (Å²) in [4.78, 5) is 36.4. The fourth-order valence-electron chi connectivity index (χ4n) is 1.31. The largest absolute Gasteiger partial charge is 0.481 e. The Hall–Kier alpha value is -2.64. The molecular weight excluding hydrogens is 256 g/mol. The Bertz CT molecular complexity index is 502. The first-order chi connectivity index (χ1) is 8.93. The molecule has 0 amide bonds. The molecule has 0 saturated heterocycles. The van der Waals surface area contributed by atoms with Gasteiger partial charge in [-0.15, -0.1) is 0 Å². The first-order valence-electron chi connectivity index (χ1n) is 5.19. The quantitative estimate of drug-likeness (QED) is 0.625. The molecule has 1 unspecified atom stereocenters. The Balaban J connectivity index is 2.87. The molecule has 8 nitrogen and oxygen atoms in total. The van der Waals surface area contributed by atoms with Gasteiger partial charge in [-0.3, -0.25) is 4.79 Å². The Morgan fingerprint density at radius 1 is 1.42 bits per heavy atom. The van der Waals surface area contributed by atoms with Gasteiger partial charge in [-0.05, 0) is 12.1 Å². The minimum Gasteiger partial charge on any atom is -0.481 e. The average Bonchev–Trinajstić information content (AvgIpc) is 2.36. The third-order valence-electron chi connectivity index (χ3n) is 2.17. The lowest BCUT2D eigenvalue weighted by atomic mass is 10.2. The Morgan fingerprint density at radius 3 is 2.63 bits per heavy atom. The van der Waals surface area contributed by atoms with E-state index < -0.39 is 30.4 Å². The number of anilines is 1. The summed E-state index contributed by atoms with van der Waals surface area (Å²) in [7, 11) is 1.19. The van der Waals surface area contributed by atoms with Crippen molar-refractivity contribution in [3.63, 3.8) is 0 Å². The molecule has 1 heterocycles. The first kappa shape index (κ1) is 14.4. The van der Waals surface area contributed by atoms with E-state index in [-0.39, 0.29) is 11.4 Å². The predicted octanol–water partition coefficient (Wildman–Crippen LogP) is 0.208. The zero-order chi connectivity index (χ0) is 14.4. The number of nitrogens with one attached hydrogen (secondary N) is 1. The van der Waals surface area contributed by atoms with Crippen molar-refractivity contribution in [3.8, 4) is 0 Å². The topological polar surface area (TPSA) is 126 Å². The highest BCUT2D eigenvalue weighted by atomic mass is 16.5. The number of carbonyl (C=O) groups excluding carboxylic acids is 1. The number of methoxy groups -OCH3 is 1. The van der Waals surface area contributed by atoms with Crippen molar-refractivity contribution in [2.45, 2.75) is 12.5 Å². The molecule has 19 heavy (non-hydrogen) atoms. The first-order valence-corrected chi connectivity index (χ1v) is 5.19. The summed E-state index contributed by atoms with van der Waals surface area (Å²) in [6.07, 6.45) is 0.694. The molecule has 102 valence electrons. The summed E-state index contributed by atoms with van der Waals surface area (Å²) in [5.74, 6) is -3.23. The molecular formula is C11H12N2O6. The van der Waals surface area contributed by atoms with Gasteiger partial charge >= 0.3 is 17.9 Å². The summed E-state index contributed by atoms with van der Waals surface area (Å²) in [5, 5.41) is 20.0. The lowest BCUT2D eigenvalue weighted by molar-refractivity contribution is -0.144. The van der Waals surface area contributed by atoms with Crippen molar-refractivity contribution in [1.82, 2.24) is 4.98 Å². The van der Waals surface area contributed by atoms with Crippen molar-refractivity contribution in [2.75, 3.05) is 12.4 Å². The van der Waals surface area contributed by atoms with Crippen LogP contribution in [-0.2, 0) is 14.3 Å². The van der Waals surface area contributed by atoms with Gasteiger partial charge in [-0.2, -0.15) is 0 Å². The summed E-state index contributed by atoms with van der Waals surface area (Å²) in [6, 6.07) is 1.40. The molecule has 0 aliphatic rings. The minimum atomic E-state index is -1.31. The second kappa shape index (κ2) is 6.34. The number of esters is 1. The van der Waals surface area contributed by atoms with Crippen molar-refractivity contribution >= 4 is 23.6 Å². The zero-order valence-electron chi connectivity index (χ0n) is 9.99. The SMILES string of the molecule is COC(=O)c1cc(NC(CC(=O)O)C(=O)O)ccn1. The van der Waals surface area contributed by atoms with E-state index in [9.17, 15) is 14.4 Å². The van der Waals surface area contributed by atoms with Crippen LogP contribution in [0, 0.1) is 0 Å². The standard InChI is InChI=1S/C11H12N2O6/c1-19-11(18)8-4-6(2-3-12-8)13-7(10(16)17)5-9(14)15/h2-4,7H,5H2,1H3,(H,12,13)(H,14,15)(H,16,17). The van der Waals surface area contributed by atoms with Gasteiger partial charge in [0, 0.05) is 11.9 Å². The van der Waals surface area contributed by atoms with Crippen LogP contribution >= 0.6 is 0 Å². The smallest absolute Gasteiger partial charge is 0.356 e. The highest BCUT2D eigenvalue weighted by Gasteiger charge is 2.21. The molecule has 1 aromatic heterocycles. The molecule has 1 aromatic rings. The fraction of sp³-hybridized carbons (Fsp3) is 0.273. The molecule has 0 aliphatic carbocycles. The van der Waals surface area contributed by atoms with Gasteiger partial charge in [0.05, 0.1) is 13.5 Å². The third-order valence-corrected chi connectivity index (χ3v) is 2.17. The van der Waals surface area contributed by atoms with Crippen LogP contribution in [0.3, 0.4) is 0 Å². The maximum atomic E-state index is 11.2. The molecule has 0 fully saturated rings. The third kappa shape index (κ3) is 4.26. The van der Waals surface area contributed by atoms with Crippen LogP contribution < -0.4 is 5.32 Å². The van der Waals surface area contributed by atoms with Gasteiger partial charge in [-0.1, -0.05) is 0 Å². The molecule has 0 aliphatic heterocycles. The highest BCUT2D eigenvalue weighted by Crippen LogP contribution is 2.12. The number of nitrogens with zero attached hydrogens (tertiary/aromatic N) is 1. The van der Waals surface area contributed by atoms with Crippen LogP contribution in [0.1, 0.15) is 16.9 Å². The Kier molecular flexibility index (Phi) is 4.81. The lowest BCUT2D eigenvalue weighted by Crippen LogP contribution is -2.31. The molecule has 0 bridgehead atoms. The number of aliphatic carboxylic acids is 2. The van der Waals surface area contributed by atoms with Gasteiger partial charge in [0.25, 0.3) is 0 Å². The second-order valence-electron chi connectivity index (χ2n) is 3.55. The summed E-state index contributed by atoms with van der Waals surface area (Å²) in [5.41, 5.74) is 0.260. The van der Waals surface area contributed by atoms with Crippen molar-refractivity contribution in [3.05, 3.63) is 24.0 Å². The molecule has 3 N–H and O–H groups in total. The van der Waals surface area contributed by atoms with Crippen LogP contribution in [-0.4, -0.2) is 46.3 Å². The summed E-state index contributed by atoms with van der Waals surface area (Å²) >= 11 is 0. The van der Waals surface area contributed by atoms with E-state index in [1.165, 1.54) is 25.4 Å². The molecule has 0 saturated carbocycles. The maximum absolute atomic E-state index is 11.2. The van der Waals surface area contributed by atoms with Gasteiger partial charge < -0.3 is 20.3 Å². The second-order valence-corrected chi connectivity index (χ2v) is 3.55. The normalized spacial score (nSPS) is 11.4. The predicted molar refractivity (Wildman–Crippen MR) is 62.9 cm³/mol. The van der Waals surface area contributed by atoms with E-state index in [4.69, 9.17) is 10.2 Å². The number of hydrogen-bond donors (Lipinski definition) is 3. The number of pyridine rings is 1. The molecule has 1 rings (SSSR count). The molecule has 8 heteroatoms. The van der Waals surface area contributed by atoms with Crippen LogP contribution in [0.2, 0.25) is 0 Å². The van der Waals surface area contributed by atoms with Crippen LogP contribution in [0.5, 0.6) is 0 Å². The fourth-order valence-corrected chi connectivity index (χ4v) is 1.31. The Labute approximate surface area is 108 Å². The van der Waals surface area contributed by atoms with E-state index in [0.29, 0.717) is 0 Å². The average molecular weight is 268 g/mol. The number of carboxylic acid groups (broad SMARTS) is 2. The van der Waals surface area contributed by atoms with Crippen LogP contribution in [0.4, 0.5) is 5.69 Å². The van der Waals surface area contributed by atoms with Crippen LogP contribution in [0.25, 0.3) is 0 Å². The van der Waals surface area contributed by atoms with Crippen molar-refractivity contribution < 1.29 is 29.3 Å².